The van der Waals surface area contributed by atoms with Crippen molar-refractivity contribution in [3.8, 4) is 0 Å². The second-order valence-electron chi connectivity index (χ2n) is 8.60. The number of nitrogens with one attached hydrogen (secondary N) is 1. The van der Waals surface area contributed by atoms with Gasteiger partial charge in [0.15, 0.2) is 0 Å². The first kappa shape index (κ1) is 16.6. The van der Waals surface area contributed by atoms with E-state index in [0.717, 1.165) is 29.7 Å². The molecule has 3 nitrogen and oxygen atoms in total. The van der Waals surface area contributed by atoms with Crippen molar-refractivity contribution in [1.29, 1.82) is 0 Å². The molecule has 4 bridgehead atoms. The van der Waals surface area contributed by atoms with E-state index in [9.17, 15) is 8.42 Å². The van der Waals surface area contributed by atoms with Gasteiger partial charge in [-0.3, -0.25) is 0 Å². The van der Waals surface area contributed by atoms with Crippen LogP contribution in [0.4, 0.5) is 0 Å². The van der Waals surface area contributed by atoms with E-state index in [1.165, 1.54) is 38.5 Å². The molecule has 4 heteroatoms. The Bertz CT molecular complexity index is 648. The smallest absolute Gasteiger partial charge is 0.212 e. The maximum Gasteiger partial charge on any atom is 0.216 e. The van der Waals surface area contributed by atoms with Crippen molar-refractivity contribution >= 4 is 10.0 Å². The van der Waals surface area contributed by atoms with Gasteiger partial charge in [-0.25, -0.2) is 13.1 Å². The van der Waals surface area contributed by atoms with E-state index in [2.05, 4.69) is 11.6 Å². The van der Waals surface area contributed by atoms with Crippen LogP contribution in [0.1, 0.15) is 57.4 Å². The molecule has 0 spiro atoms. The number of benzene rings is 1. The summed E-state index contributed by atoms with van der Waals surface area (Å²) >= 11 is 0. The lowest BCUT2D eigenvalue weighted by molar-refractivity contribution is -0.0704. The van der Waals surface area contributed by atoms with Gasteiger partial charge < -0.3 is 0 Å². The Balaban J connectivity index is 1.52. The molecule has 1 aromatic rings. The summed E-state index contributed by atoms with van der Waals surface area (Å²) in [5.41, 5.74) is 1.10. The van der Waals surface area contributed by atoms with Gasteiger partial charge in [-0.2, -0.15) is 0 Å². The third-order valence-electron chi connectivity index (χ3n) is 6.75. The molecule has 0 radical (unpaired) electrons. The van der Waals surface area contributed by atoms with Gasteiger partial charge in [0.05, 0.1) is 5.75 Å². The molecule has 4 aliphatic carbocycles. The van der Waals surface area contributed by atoms with Gasteiger partial charge in [0.25, 0.3) is 0 Å². The Morgan fingerprint density at radius 3 is 2.08 bits per heavy atom. The minimum absolute atomic E-state index is 0.0940. The Morgan fingerprint density at radius 2 is 1.58 bits per heavy atom. The molecule has 4 aliphatic rings. The van der Waals surface area contributed by atoms with Gasteiger partial charge in [-0.05, 0) is 73.7 Å². The van der Waals surface area contributed by atoms with E-state index >= 15 is 0 Å². The molecule has 24 heavy (non-hydrogen) atoms. The number of hydrogen-bond acceptors (Lipinski definition) is 2. The molecule has 0 amide bonds. The molecule has 5 rings (SSSR count). The molecule has 0 saturated heterocycles. The fourth-order valence-electron chi connectivity index (χ4n) is 6.30. The van der Waals surface area contributed by atoms with Gasteiger partial charge in [-0.15, -0.1) is 0 Å². The molecule has 132 valence electrons. The molecule has 4 fully saturated rings. The first-order chi connectivity index (χ1) is 11.5. The maximum atomic E-state index is 12.8. The first-order valence-electron chi connectivity index (χ1n) is 9.52. The van der Waals surface area contributed by atoms with E-state index in [-0.39, 0.29) is 17.2 Å². The predicted molar refractivity (Wildman–Crippen MR) is 96.9 cm³/mol. The molecule has 1 aromatic carbocycles. The van der Waals surface area contributed by atoms with Crippen molar-refractivity contribution < 1.29 is 8.42 Å². The van der Waals surface area contributed by atoms with Crippen molar-refractivity contribution in [1.82, 2.24) is 4.72 Å². The summed E-state index contributed by atoms with van der Waals surface area (Å²) < 4.78 is 28.6. The monoisotopic (exact) mass is 347 g/mol. The van der Waals surface area contributed by atoms with Crippen molar-refractivity contribution in [2.24, 2.45) is 23.2 Å². The molecular formula is C20H29NO2S. The van der Waals surface area contributed by atoms with E-state index in [1.807, 2.05) is 30.3 Å². The summed E-state index contributed by atoms with van der Waals surface area (Å²) in [5.74, 6) is 2.65. The summed E-state index contributed by atoms with van der Waals surface area (Å²) in [5, 5.41) is 0. The largest absolute Gasteiger partial charge is 0.216 e. The fourth-order valence-corrected chi connectivity index (χ4v) is 7.86. The lowest BCUT2D eigenvalue weighted by Gasteiger charge is -2.59. The summed E-state index contributed by atoms with van der Waals surface area (Å²) in [6.07, 6.45) is 8.81. The zero-order valence-electron chi connectivity index (χ0n) is 14.6. The van der Waals surface area contributed by atoms with E-state index in [4.69, 9.17) is 0 Å². The van der Waals surface area contributed by atoms with Crippen LogP contribution < -0.4 is 4.72 Å². The van der Waals surface area contributed by atoms with Crippen LogP contribution in [0.3, 0.4) is 0 Å². The lowest BCUT2D eigenvalue weighted by atomic mass is 9.47. The Kier molecular flexibility index (Phi) is 4.24. The third kappa shape index (κ3) is 3.15. The zero-order valence-corrected chi connectivity index (χ0v) is 15.4. The predicted octanol–water partition coefficient (Wildman–Crippen LogP) is 4.10. The third-order valence-corrected chi connectivity index (χ3v) is 8.11. The highest BCUT2D eigenvalue weighted by Gasteiger charge is 2.54. The Labute approximate surface area is 146 Å². The lowest BCUT2D eigenvalue weighted by Crippen LogP contribution is -2.56. The maximum absolute atomic E-state index is 12.8. The summed E-state index contributed by atoms with van der Waals surface area (Å²) in [6.45, 7) is 2.15. The number of hydrogen-bond donors (Lipinski definition) is 1. The quantitative estimate of drug-likeness (QED) is 0.842. The molecule has 1 atom stereocenters. The van der Waals surface area contributed by atoms with E-state index in [0.29, 0.717) is 0 Å². The topological polar surface area (TPSA) is 46.2 Å². The van der Waals surface area contributed by atoms with Crippen LogP contribution in [-0.4, -0.2) is 14.5 Å². The highest BCUT2D eigenvalue weighted by atomic mass is 32.2. The van der Waals surface area contributed by atoms with E-state index < -0.39 is 10.0 Å². The van der Waals surface area contributed by atoms with Crippen LogP contribution in [0.2, 0.25) is 0 Å². The Morgan fingerprint density at radius 1 is 1.04 bits per heavy atom. The molecular weight excluding hydrogens is 318 g/mol. The van der Waals surface area contributed by atoms with Gasteiger partial charge in [0.2, 0.25) is 10.0 Å². The number of sulfonamides is 1. The first-order valence-corrected chi connectivity index (χ1v) is 11.2. The van der Waals surface area contributed by atoms with Crippen molar-refractivity contribution in [3.63, 3.8) is 0 Å². The van der Waals surface area contributed by atoms with E-state index in [1.54, 1.807) is 0 Å². The van der Waals surface area contributed by atoms with Gasteiger partial charge in [0.1, 0.15) is 0 Å². The summed E-state index contributed by atoms with van der Waals surface area (Å²) in [7, 11) is -3.29. The van der Waals surface area contributed by atoms with Crippen LogP contribution in [0.15, 0.2) is 30.3 Å². The highest BCUT2D eigenvalue weighted by Crippen LogP contribution is 2.61. The minimum Gasteiger partial charge on any atom is -0.212 e. The number of rotatable bonds is 6. The second kappa shape index (κ2) is 6.14. The SMILES string of the molecule is CCC(NS(=O)(=O)Cc1ccccc1)C12CC3CC(CC(C3)C1)C2. The van der Waals surface area contributed by atoms with Crippen LogP contribution >= 0.6 is 0 Å². The van der Waals surface area contributed by atoms with Gasteiger partial charge in [-0.1, -0.05) is 37.3 Å². The van der Waals surface area contributed by atoms with Crippen LogP contribution in [0.25, 0.3) is 0 Å². The Hall–Kier alpha value is -0.870. The minimum atomic E-state index is -3.29. The van der Waals surface area contributed by atoms with Crippen LogP contribution in [-0.2, 0) is 15.8 Å². The van der Waals surface area contributed by atoms with Crippen LogP contribution in [0.5, 0.6) is 0 Å². The molecule has 1 unspecified atom stereocenters. The molecule has 1 N–H and O–H groups in total. The summed E-state index contributed by atoms with van der Waals surface area (Å²) in [4.78, 5) is 0. The zero-order chi connectivity index (χ0) is 16.8. The molecule has 0 heterocycles. The standard InChI is InChI=1S/C20H29NO2S/c1-2-19(21-24(22,23)14-15-6-4-3-5-7-15)20-11-16-8-17(12-20)10-18(9-16)13-20/h3-7,16-19,21H,2,8-14H2,1H3. The van der Waals surface area contributed by atoms with Gasteiger partial charge >= 0.3 is 0 Å². The van der Waals surface area contributed by atoms with Crippen molar-refractivity contribution in [2.75, 3.05) is 0 Å². The fraction of sp³-hybridized carbons (Fsp3) is 0.700. The molecule has 4 saturated carbocycles. The van der Waals surface area contributed by atoms with Crippen LogP contribution in [0, 0.1) is 23.2 Å². The average Bonchev–Trinajstić information content (AvgIpc) is 2.52. The average molecular weight is 348 g/mol. The van der Waals surface area contributed by atoms with Crippen molar-refractivity contribution in [3.05, 3.63) is 35.9 Å². The highest BCUT2D eigenvalue weighted by molar-refractivity contribution is 7.88. The second-order valence-corrected chi connectivity index (χ2v) is 10.4. The van der Waals surface area contributed by atoms with Gasteiger partial charge in [0, 0.05) is 6.04 Å². The molecule has 0 aliphatic heterocycles. The normalized spacial score (nSPS) is 36.0. The summed E-state index contributed by atoms with van der Waals surface area (Å²) in [6, 6.07) is 9.63. The molecule has 0 aromatic heterocycles. The van der Waals surface area contributed by atoms with Crippen molar-refractivity contribution in [2.45, 2.75) is 63.7 Å².